The molecule has 15 heavy (non-hydrogen) atoms. The van der Waals surface area contributed by atoms with Crippen molar-refractivity contribution in [2.45, 2.75) is 0 Å². The summed E-state index contributed by atoms with van der Waals surface area (Å²) in [6.07, 6.45) is 1.79. The van der Waals surface area contributed by atoms with Gasteiger partial charge in [-0.2, -0.15) is 0 Å². The van der Waals surface area contributed by atoms with Crippen molar-refractivity contribution >= 4 is 51.6 Å². The number of carbonyl (C=O) groups is 1. The van der Waals surface area contributed by atoms with Gasteiger partial charge in [0.25, 0.3) is 5.91 Å². The lowest BCUT2D eigenvalue weighted by atomic mass is 10.4. The van der Waals surface area contributed by atoms with E-state index in [0.717, 1.165) is 4.88 Å². The highest BCUT2D eigenvalue weighted by Gasteiger charge is 2.31. The van der Waals surface area contributed by atoms with Crippen molar-refractivity contribution in [3.05, 3.63) is 27.3 Å². The first kappa shape index (κ1) is 10.8. The van der Waals surface area contributed by atoms with Crippen LogP contribution in [0.25, 0.3) is 6.08 Å². The Morgan fingerprint density at radius 1 is 1.60 bits per heavy atom. The number of aliphatic hydroxyl groups excluding tert-OH is 1. The van der Waals surface area contributed by atoms with Crippen LogP contribution in [0.3, 0.4) is 0 Å². The maximum atomic E-state index is 11.7. The fourth-order valence-corrected chi connectivity index (χ4v) is 3.09. The highest BCUT2D eigenvalue weighted by Crippen LogP contribution is 2.32. The van der Waals surface area contributed by atoms with Crippen LogP contribution in [0.5, 0.6) is 0 Å². The Morgan fingerprint density at radius 2 is 2.40 bits per heavy atom. The van der Waals surface area contributed by atoms with Gasteiger partial charge in [0, 0.05) is 4.88 Å². The highest BCUT2D eigenvalue weighted by atomic mass is 32.2. The Bertz CT molecular complexity index is 425. The van der Waals surface area contributed by atoms with Crippen LogP contribution < -0.4 is 0 Å². The third-order valence-corrected chi connectivity index (χ3v) is 4.03. The van der Waals surface area contributed by atoms with Crippen LogP contribution in [-0.4, -0.2) is 27.0 Å². The van der Waals surface area contributed by atoms with E-state index in [1.165, 1.54) is 16.7 Å². The smallest absolute Gasteiger partial charge is 0.268 e. The van der Waals surface area contributed by atoms with Gasteiger partial charge in [-0.05, 0) is 17.5 Å². The van der Waals surface area contributed by atoms with E-state index in [-0.39, 0.29) is 12.6 Å². The number of hydrogen-bond donors (Lipinski definition) is 1. The predicted molar refractivity (Wildman–Crippen MR) is 66.4 cm³/mol. The molecule has 0 radical (unpaired) electrons. The van der Waals surface area contributed by atoms with E-state index in [9.17, 15) is 4.79 Å². The molecular weight excluding hydrogens is 250 g/mol. The monoisotopic (exact) mass is 257 g/mol. The van der Waals surface area contributed by atoms with Gasteiger partial charge in [0.05, 0.1) is 4.91 Å². The Labute approximate surface area is 100 Å². The van der Waals surface area contributed by atoms with Gasteiger partial charge in [0.1, 0.15) is 11.1 Å². The largest absolute Gasteiger partial charge is 0.376 e. The maximum Gasteiger partial charge on any atom is 0.268 e. The van der Waals surface area contributed by atoms with Crippen LogP contribution in [0.1, 0.15) is 4.88 Å². The Balaban J connectivity index is 2.26. The lowest BCUT2D eigenvalue weighted by molar-refractivity contribution is -0.124. The van der Waals surface area contributed by atoms with Crippen molar-refractivity contribution in [1.29, 1.82) is 0 Å². The fourth-order valence-electron chi connectivity index (χ4n) is 1.12. The van der Waals surface area contributed by atoms with E-state index >= 15 is 0 Å². The molecule has 1 fully saturated rings. The van der Waals surface area contributed by atoms with Crippen molar-refractivity contribution < 1.29 is 9.90 Å². The number of thiocarbonyl (C=S) groups is 1. The summed E-state index contributed by atoms with van der Waals surface area (Å²) >= 11 is 7.74. The number of nitrogens with zero attached hydrogens (tertiary/aromatic N) is 1. The van der Waals surface area contributed by atoms with Crippen LogP contribution in [-0.2, 0) is 4.79 Å². The summed E-state index contributed by atoms with van der Waals surface area (Å²) in [5, 5.41) is 10.9. The average Bonchev–Trinajstić information content (AvgIpc) is 2.78. The molecule has 6 heteroatoms. The van der Waals surface area contributed by atoms with Crippen molar-refractivity contribution in [2.75, 3.05) is 6.73 Å². The zero-order chi connectivity index (χ0) is 10.8. The molecule has 2 rings (SSSR count). The van der Waals surface area contributed by atoms with Crippen molar-refractivity contribution in [3.8, 4) is 0 Å². The molecule has 0 aromatic carbocycles. The third kappa shape index (κ3) is 2.12. The minimum absolute atomic E-state index is 0.221. The number of thiophene rings is 1. The topological polar surface area (TPSA) is 40.5 Å². The molecule has 1 aliphatic heterocycles. The molecule has 1 aromatic heterocycles. The predicted octanol–water partition coefficient (Wildman–Crippen LogP) is 1.90. The lowest BCUT2D eigenvalue weighted by Crippen LogP contribution is -2.28. The van der Waals surface area contributed by atoms with E-state index in [4.69, 9.17) is 17.3 Å². The number of thioether (sulfide) groups is 1. The van der Waals surface area contributed by atoms with Gasteiger partial charge in [0.15, 0.2) is 0 Å². The number of aliphatic hydroxyl groups is 1. The summed E-state index contributed by atoms with van der Waals surface area (Å²) in [5.41, 5.74) is 0. The van der Waals surface area contributed by atoms with E-state index in [2.05, 4.69) is 0 Å². The lowest BCUT2D eigenvalue weighted by Gasteiger charge is -2.08. The summed E-state index contributed by atoms with van der Waals surface area (Å²) in [4.78, 5) is 14.4. The molecule has 0 atom stereocenters. The standard InChI is InChI=1S/C9H7NO2S3/c11-5-10-8(12)7(15-9(10)13)4-6-2-1-3-14-6/h1-4,11H,5H2/b7-4-. The second-order valence-corrected chi connectivity index (χ2v) is 5.42. The second kappa shape index (κ2) is 4.44. The Morgan fingerprint density at radius 3 is 2.93 bits per heavy atom. The molecule has 0 saturated carbocycles. The van der Waals surface area contributed by atoms with Gasteiger partial charge >= 0.3 is 0 Å². The maximum absolute atomic E-state index is 11.7. The molecule has 1 saturated heterocycles. The van der Waals surface area contributed by atoms with E-state index in [1.807, 2.05) is 17.5 Å². The summed E-state index contributed by atoms with van der Waals surface area (Å²) in [6.45, 7) is -0.355. The number of amides is 1. The van der Waals surface area contributed by atoms with Crippen LogP contribution in [0, 0.1) is 0 Å². The molecule has 1 N–H and O–H groups in total. The fraction of sp³-hybridized carbons (Fsp3) is 0.111. The van der Waals surface area contributed by atoms with Crippen molar-refractivity contribution in [2.24, 2.45) is 0 Å². The number of rotatable bonds is 2. The van der Waals surface area contributed by atoms with Crippen molar-refractivity contribution in [1.82, 2.24) is 4.90 Å². The molecule has 0 aliphatic carbocycles. The highest BCUT2D eigenvalue weighted by molar-refractivity contribution is 8.26. The molecule has 3 nitrogen and oxygen atoms in total. The average molecular weight is 257 g/mol. The van der Waals surface area contributed by atoms with Crippen molar-refractivity contribution in [3.63, 3.8) is 0 Å². The molecule has 1 aromatic rings. The first-order valence-corrected chi connectivity index (χ1v) is 6.22. The minimum Gasteiger partial charge on any atom is -0.376 e. The zero-order valence-corrected chi connectivity index (χ0v) is 9.99. The summed E-state index contributed by atoms with van der Waals surface area (Å²) < 4.78 is 0.408. The molecule has 0 bridgehead atoms. The van der Waals surface area contributed by atoms with E-state index in [1.54, 1.807) is 17.4 Å². The minimum atomic E-state index is -0.355. The zero-order valence-electron chi connectivity index (χ0n) is 7.54. The molecule has 2 heterocycles. The quantitative estimate of drug-likeness (QED) is 0.649. The summed E-state index contributed by atoms with van der Waals surface area (Å²) in [5.74, 6) is -0.221. The molecule has 78 valence electrons. The molecule has 0 unspecified atom stereocenters. The number of carbonyl (C=O) groups excluding carboxylic acids is 1. The Hall–Kier alpha value is -0.690. The van der Waals surface area contributed by atoms with Crippen LogP contribution in [0.2, 0.25) is 0 Å². The van der Waals surface area contributed by atoms with E-state index in [0.29, 0.717) is 9.23 Å². The van der Waals surface area contributed by atoms with E-state index < -0.39 is 0 Å². The number of hydrogen-bond acceptors (Lipinski definition) is 5. The van der Waals surface area contributed by atoms with Gasteiger partial charge in [-0.3, -0.25) is 9.69 Å². The summed E-state index contributed by atoms with van der Waals surface area (Å²) in [6, 6.07) is 3.85. The van der Waals surface area contributed by atoms with Crippen LogP contribution in [0.4, 0.5) is 0 Å². The SMILES string of the molecule is O=C1/C(=C/c2cccs2)SC(=S)N1CO. The Kier molecular flexibility index (Phi) is 3.20. The van der Waals surface area contributed by atoms with Gasteiger partial charge in [-0.1, -0.05) is 30.0 Å². The first-order valence-electron chi connectivity index (χ1n) is 4.12. The molecule has 1 amide bonds. The van der Waals surface area contributed by atoms with Crippen LogP contribution in [0.15, 0.2) is 22.4 Å². The third-order valence-electron chi connectivity index (χ3n) is 1.83. The summed E-state index contributed by atoms with van der Waals surface area (Å²) in [7, 11) is 0. The van der Waals surface area contributed by atoms with Gasteiger partial charge in [0.2, 0.25) is 0 Å². The molecular formula is C9H7NO2S3. The van der Waals surface area contributed by atoms with Gasteiger partial charge in [-0.15, -0.1) is 11.3 Å². The molecule has 0 spiro atoms. The second-order valence-electron chi connectivity index (χ2n) is 2.77. The first-order chi connectivity index (χ1) is 7.22. The normalized spacial score (nSPS) is 19.3. The van der Waals surface area contributed by atoms with Crippen LogP contribution >= 0.6 is 35.3 Å². The van der Waals surface area contributed by atoms with Gasteiger partial charge in [-0.25, -0.2) is 0 Å². The molecule has 1 aliphatic rings. The van der Waals surface area contributed by atoms with Gasteiger partial charge < -0.3 is 5.11 Å².